The quantitative estimate of drug-likeness (QED) is 0.204. The lowest BCUT2D eigenvalue weighted by molar-refractivity contribution is 0.653. The zero-order valence-corrected chi connectivity index (χ0v) is 25.8. The van der Waals surface area contributed by atoms with Gasteiger partial charge in [-0.25, -0.2) is 4.98 Å². The Kier molecular flexibility index (Phi) is 5.88. The first-order valence-electron chi connectivity index (χ1n) is 15.9. The third-order valence-electron chi connectivity index (χ3n) is 9.68. The molecular weight excluding hydrogens is 558 g/mol. The molecule has 0 bridgehead atoms. The van der Waals surface area contributed by atoms with Crippen LogP contribution in [-0.2, 0) is 5.41 Å². The van der Waals surface area contributed by atoms with Gasteiger partial charge in [0, 0.05) is 32.9 Å². The normalized spacial score (nSPS) is 13.2. The molecule has 0 saturated heterocycles. The minimum atomic E-state index is -0.114. The summed E-state index contributed by atoms with van der Waals surface area (Å²) in [5.74, 6) is 0. The van der Waals surface area contributed by atoms with Crippen LogP contribution >= 0.6 is 0 Å². The van der Waals surface area contributed by atoms with Crippen LogP contribution in [0.3, 0.4) is 0 Å². The summed E-state index contributed by atoms with van der Waals surface area (Å²) in [6.07, 6.45) is 0. The molecule has 46 heavy (non-hydrogen) atoms. The Labute approximate surface area is 268 Å². The molecule has 0 N–H and O–H groups in total. The van der Waals surface area contributed by atoms with Crippen LogP contribution in [0.1, 0.15) is 25.0 Å². The number of para-hydroxylation sites is 1. The molecule has 0 fully saturated rings. The number of hydrogen-bond acceptors (Lipinski definition) is 2. The van der Waals surface area contributed by atoms with E-state index in [9.17, 15) is 0 Å². The lowest BCUT2D eigenvalue weighted by Crippen LogP contribution is -2.14. The highest BCUT2D eigenvalue weighted by Crippen LogP contribution is 2.53. The van der Waals surface area contributed by atoms with Crippen LogP contribution in [0, 0.1) is 0 Å². The van der Waals surface area contributed by atoms with Gasteiger partial charge in [0.25, 0.3) is 0 Å². The van der Waals surface area contributed by atoms with Crippen molar-refractivity contribution >= 4 is 21.9 Å². The highest BCUT2D eigenvalue weighted by atomic mass is 16.3. The van der Waals surface area contributed by atoms with Gasteiger partial charge in [0.2, 0.25) is 0 Å². The molecule has 0 radical (unpaired) electrons. The number of hydrogen-bond donors (Lipinski definition) is 0. The standard InChI is InChI=1S/C44H31NO/c1-44(2)37-22-20-32(25-36(37)42-38(44)23-21-35-34-18-9-10-19-41(34)46-43(35)42)30-16-11-17-31(24-30)33-26-39(28-12-5-3-6-13-28)45-40(27-33)29-14-7-4-8-15-29/h3-27H,1-2H3. The van der Waals surface area contributed by atoms with E-state index in [0.29, 0.717) is 0 Å². The zero-order valence-electron chi connectivity index (χ0n) is 25.8. The second-order valence-electron chi connectivity index (χ2n) is 12.8. The molecule has 2 heterocycles. The van der Waals surface area contributed by atoms with Gasteiger partial charge in [-0.15, -0.1) is 0 Å². The van der Waals surface area contributed by atoms with Crippen molar-refractivity contribution in [3.05, 3.63) is 163 Å². The summed E-state index contributed by atoms with van der Waals surface area (Å²) in [6.45, 7) is 4.65. The first-order chi connectivity index (χ1) is 22.5. The van der Waals surface area contributed by atoms with E-state index >= 15 is 0 Å². The SMILES string of the molecule is CC1(C)c2ccc(-c3cccc(-c4cc(-c5ccccc5)nc(-c5ccccc5)c4)c3)cc2-c2c1ccc1c2oc2ccccc21. The minimum Gasteiger partial charge on any atom is -0.455 e. The van der Waals surface area contributed by atoms with Crippen LogP contribution in [0.25, 0.3) is 77.8 Å². The van der Waals surface area contributed by atoms with Crippen LogP contribution in [-0.4, -0.2) is 4.98 Å². The van der Waals surface area contributed by atoms with Gasteiger partial charge in [-0.3, -0.25) is 0 Å². The van der Waals surface area contributed by atoms with E-state index in [1.165, 1.54) is 38.8 Å². The summed E-state index contributed by atoms with van der Waals surface area (Å²) >= 11 is 0. The molecule has 0 saturated carbocycles. The summed E-state index contributed by atoms with van der Waals surface area (Å²) in [7, 11) is 0. The molecule has 2 nitrogen and oxygen atoms in total. The zero-order chi connectivity index (χ0) is 30.8. The highest BCUT2D eigenvalue weighted by Gasteiger charge is 2.37. The van der Waals surface area contributed by atoms with E-state index in [2.05, 4.69) is 147 Å². The third kappa shape index (κ3) is 4.14. The van der Waals surface area contributed by atoms with Gasteiger partial charge in [0.15, 0.2) is 0 Å². The van der Waals surface area contributed by atoms with Crippen LogP contribution in [0.5, 0.6) is 0 Å². The summed E-state index contributed by atoms with van der Waals surface area (Å²) in [5.41, 5.74) is 15.8. The van der Waals surface area contributed by atoms with Crippen molar-refractivity contribution in [2.24, 2.45) is 0 Å². The van der Waals surface area contributed by atoms with E-state index in [1.807, 2.05) is 18.2 Å². The highest BCUT2D eigenvalue weighted by molar-refractivity contribution is 6.12. The Hall–Kier alpha value is -5.73. The summed E-state index contributed by atoms with van der Waals surface area (Å²) < 4.78 is 6.56. The van der Waals surface area contributed by atoms with Crippen molar-refractivity contribution in [1.82, 2.24) is 4.98 Å². The van der Waals surface area contributed by atoms with Crippen molar-refractivity contribution in [2.45, 2.75) is 19.3 Å². The number of furan rings is 1. The summed E-state index contributed by atoms with van der Waals surface area (Å²) in [5, 5.41) is 2.34. The van der Waals surface area contributed by atoms with E-state index in [0.717, 1.165) is 50.2 Å². The van der Waals surface area contributed by atoms with E-state index < -0.39 is 0 Å². The van der Waals surface area contributed by atoms with Crippen molar-refractivity contribution in [1.29, 1.82) is 0 Å². The molecule has 0 atom stereocenters. The van der Waals surface area contributed by atoms with Gasteiger partial charge in [-0.2, -0.15) is 0 Å². The maximum atomic E-state index is 6.56. The van der Waals surface area contributed by atoms with Crippen LogP contribution in [0.2, 0.25) is 0 Å². The molecule has 0 aliphatic heterocycles. The molecular formula is C44H31NO. The molecule has 9 rings (SSSR count). The predicted octanol–water partition coefficient (Wildman–Crippen LogP) is 12.0. The second kappa shape index (κ2) is 10.2. The molecule has 1 aliphatic carbocycles. The Balaban J connectivity index is 1.19. The summed E-state index contributed by atoms with van der Waals surface area (Å²) in [4.78, 5) is 5.09. The Morgan fingerprint density at radius 2 is 1.04 bits per heavy atom. The van der Waals surface area contributed by atoms with Gasteiger partial charge < -0.3 is 4.42 Å². The van der Waals surface area contributed by atoms with Crippen molar-refractivity contribution < 1.29 is 4.42 Å². The minimum absolute atomic E-state index is 0.114. The van der Waals surface area contributed by atoms with E-state index in [4.69, 9.17) is 9.40 Å². The molecule has 1 aliphatic rings. The number of nitrogens with zero attached hydrogens (tertiary/aromatic N) is 1. The first kappa shape index (κ1) is 26.7. The van der Waals surface area contributed by atoms with Gasteiger partial charge >= 0.3 is 0 Å². The molecule has 2 aromatic heterocycles. The Morgan fingerprint density at radius 3 is 1.76 bits per heavy atom. The van der Waals surface area contributed by atoms with Crippen LogP contribution in [0.4, 0.5) is 0 Å². The molecule has 0 unspecified atom stereocenters. The van der Waals surface area contributed by atoms with Gasteiger partial charge in [0.1, 0.15) is 11.2 Å². The number of fused-ring (bicyclic) bond motifs is 7. The number of aromatic nitrogens is 1. The van der Waals surface area contributed by atoms with Gasteiger partial charge in [0.05, 0.1) is 11.4 Å². The predicted molar refractivity (Wildman–Crippen MR) is 191 cm³/mol. The molecule has 6 aromatic carbocycles. The Morgan fingerprint density at radius 1 is 0.457 bits per heavy atom. The van der Waals surface area contributed by atoms with E-state index in [-0.39, 0.29) is 5.41 Å². The monoisotopic (exact) mass is 589 g/mol. The maximum absolute atomic E-state index is 6.56. The molecule has 8 aromatic rings. The van der Waals surface area contributed by atoms with Crippen molar-refractivity contribution in [3.8, 4) is 55.9 Å². The number of benzene rings is 6. The molecule has 0 spiro atoms. The Bertz CT molecular complexity index is 2380. The topological polar surface area (TPSA) is 26.0 Å². The lowest BCUT2D eigenvalue weighted by atomic mass is 9.82. The molecule has 0 amide bonds. The lowest BCUT2D eigenvalue weighted by Gasteiger charge is -2.21. The van der Waals surface area contributed by atoms with Crippen LogP contribution < -0.4 is 0 Å². The molecule has 2 heteroatoms. The van der Waals surface area contributed by atoms with Gasteiger partial charge in [-0.1, -0.05) is 135 Å². The fourth-order valence-electron chi connectivity index (χ4n) is 7.29. The van der Waals surface area contributed by atoms with Gasteiger partial charge in [-0.05, 0) is 69.3 Å². The average Bonchev–Trinajstić information content (AvgIpc) is 3.61. The fourth-order valence-corrected chi connectivity index (χ4v) is 7.29. The largest absolute Gasteiger partial charge is 0.455 e. The number of pyridine rings is 1. The first-order valence-corrected chi connectivity index (χ1v) is 15.9. The van der Waals surface area contributed by atoms with Crippen molar-refractivity contribution in [2.75, 3.05) is 0 Å². The average molecular weight is 590 g/mol. The maximum Gasteiger partial charge on any atom is 0.143 e. The summed E-state index contributed by atoms with van der Waals surface area (Å²) in [6, 6.07) is 54.0. The smallest absolute Gasteiger partial charge is 0.143 e. The third-order valence-corrected chi connectivity index (χ3v) is 9.68. The van der Waals surface area contributed by atoms with Crippen molar-refractivity contribution in [3.63, 3.8) is 0 Å². The fraction of sp³-hybridized carbons (Fsp3) is 0.0682. The second-order valence-corrected chi connectivity index (χ2v) is 12.8. The number of rotatable bonds is 4. The molecule has 218 valence electrons. The van der Waals surface area contributed by atoms with Crippen LogP contribution in [0.15, 0.2) is 156 Å². The van der Waals surface area contributed by atoms with E-state index in [1.54, 1.807) is 0 Å².